The van der Waals surface area contributed by atoms with Crippen LogP contribution in [0.3, 0.4) is 0 Å². The summed E-state index contributed by atoms with van der Waals surface area (Å²) in [5.74, 6) is -0.443. The molecule has 1 aromatic rings. The molecule has 0 radical (unpaired) electrons. The van der Waals surface area contributed by atoms with Crippen LogP contribution in [0.25, 0.3) is 0 Å². The van der Waals surface area contributed by atoms with Gasteiger partial charge in [-0.3, -0.25) is 4.79 Å². The Hall–Kier alpha value is -2.11. The molecule has 0 atom stereocenters. The van der Waals surface area contributed by atoms with Crippen LogP contribution in [-0.2, 0) is 11.3 Å². The maximum absolute atomic E-state index is 12.6. The van der Waals surface area contributed by atoms with Crippen LogP contribution in [0.5, 0.6) is 0 Å². The molecule has 0 unspecified atom stereocenters. The summed E-state index contributed by atoms with van der Waals surface area (Å²) in [6, 6.07) is 5.56. The van der Waals surface area contributed by atoms with Crippen molar-refractivity contribution < 1.29 is 14.0 Å². The van der Waals surface area contributed by atoms with Crippen LogP contribution >= 0.6 is 0 Å². The van der Waals surface area contributed by atoms with E-state index in [1.165, 1.54) is 19.1 Å². The van der Waals surface area contributed by atoms with E-state index in [1.807, 2.05) is 0 Å². The topological polar surface area (TPSA) is 70.2 Å². The highest BCUT2D eigenvalue weighted by Crippen LogP contribution is 2.01. The molecule has 5 nitrogen and oxygen atoms in total. The Kier molecular flexibility index (Phi) is 5.63. The van der Waals surface area contributed by atoms with Crippen LogP contribution < -0.4 is 16.0 Å². The molecule has 6 heteroatoms. The number of benzene rings is 1. The molecular formula is C12H16FN3O2. The lowest BCUT2D eigenvalue weighted by Crippen LogP contribution is -2.39. The predicted octanol–water partition coefficient (Wildman–Crippen LogP) is 0.761. The van der Waals surface area contributed by atoms with E-state index in [-0.39, 0.29) is 17.8 Å². The second-order valence-corrected chi connectivity index (χ2v) is 3.72. The fourth-order valence-corrected chi connectivity index (χ4v) is 1.26. The molecule has 0 fully saturated rings. The first-order chi connectivity index (χ1) is 8.58. The second kappa shape index (κ2) is 7.26. The van der Waals surface area contributed by atoms with Gasteiger partial charge in [0.05, 0.1) is 0 Å². The predicted molar refractivity (Wildman–Crippen MR) is 65.3 cm³/mol. The second-order valence-electron chi connectivity index (χ2n) is 3.72. The number of nitrogens with one attached hydrogen (secondary N) is 3. The molecular weight excluding hydrogens is 237 g/mol. The SMILES string of the molecule is CC(=O)NCCNC(=O)NCc1ccc(F)cc1. The van der Waals surface area contributed by atoms with Crippen molar-refractivity contribution in [1.29, 1.82) is 0 Å². The van der Waals surface area contributed by atoms with Crippen LogP contribution in [0.15, 0.2) is 24.3 Å². The van der Waals surface area contributed by atoms with E-state index in [0.717, 1.165) is 5.56 Å². The Labute approximate surface area is 105 Å². The zero-order chi connectivity index (χ0) is 13.4. The number of carbonyl (C=O) groups excluding carboxylic acids is 2. The van der Waals surface area contributed by atoms with Gasteiger partial charge in [0.2, 0.25) is 5.91 Å². The largest absolute Gasteiger partial charge is 0.355 e. The third kappa shape index (κ3) is 5.83. The first-order valence-electron chi connectivity index (χ1n) is 5.58. The van der Waals surface area contributed by atoms with Gasteiger partial charge in [0, 0.05) is 26.6 Å². The van der Waals surface area contributed by atoms with E-state index in [4.69, 9.17) is 0 Å². The smallest absolute Gasteiger partial charge is 0.315 e. The van der Waals surface area contributed by atoms with Gasteiger partial charge in [0.1, 0.15) is 5.82 Å². The van der Waals surface area contributed by atoms with Gasteiger partial charge in [0.15, 0.2) is 0 Å². The lowest BCUT2D eigenvalue weighted by molar-refractivity contribution is -0.118. The number of halogens is 1. The average molecular weight is 253 g/mol. The van der Waals surface area contributed by atoms with Gasteiger partial charge in [-0.05, 0) is 17.7 Å². The maximum atomic E-state index is 12.6. The van der Waals surface area contributed by atoms with Crippen molar-refractivity contribution in [2.45, 2.75) is 13.5 Å². The number of hydrogen-bond donors (Lipinski definition) is 3. The van der Waals surface area contributed by atoms with Crippen LogP contribution in [0, 0.1) is 5.82 Å². The quantitative estimate of drug-likeness (QED) is 0.678. The Morgan fingerprint density at radius 3 is 2.28 bits per heavy atom. The minimum absolute atomic E-state index is 0.136. The molecule has 0 saturated carbocycles. The van der Waals surface area contributed by atoms with Crippen LogP contribution in [-0.4, -0.2) is 25.0 Å². The van der Waals surface area contributed by atoms with E-state index in [2.05, 4.69) is 16.0 Å². The Bertz CT molecular complexity index is 406. The minimum Gasteiger partial charge on any atom is -0.355 e. The van der Waals surface area contributed by atoms with Crippen molar-refractivity contribution >= 4 is 11.9 Å². The summed E-state index contributed by atoms with van der Waals surface area (Å²) < 4.78 is 12.6. The molecule has 18 heavy (non-hydrogen) atoms. The number of hydrogen-bond acceptors (Lipinski definition) is 2. The molecule has 0 spiro atoms. The normalized spacial score (nSPS) is 9.67. The highest BCUT2D eigenvalue weighted by atomic mass is 19.1. The zero-order valence-electron chi connectivity index (χ0n) is 10.1. The first-order valence-corrected chi connectivity index (χ1v) is 5.58. The first kappa shape index (κ1) is 14.0. The number of amides is 3. The van der Waals surface area contributed by atoms with Gasteiger partial charge in [-0.1, -0.05) is 12.1 Å². The van der Waals surface area contributed by atoms with Crippen LogP contribution in [0.2, 0.25) is 0 Å². The third-order valence-electron chi connectivity index (χ3n) is 2.15. The maximum Gasteiger partial charge on any atom is 0.315 e. The van der Waals surface area contributed by atoms with Gasteiger partial charge in [-0.25, -0.2) is 9.18 Å². The minimum atomic E-state index is -0.329. The van der Waals surface area contributed by atoms with Crippen LogP contribution in [0.1, 0.15) is 12.5 Å². The van der Waals surface area contributed by atoms with Gasteiger partial charge in [-0.2, -0.15) is 0 Å². The lowest BCUT2D eigenvalue weighted by Gasteiger charge is -2.07. The zero-order valence-corrected chi connectivity index (χ0v) is 10.1. The van der Waals surface area contributed by atoms with Crippen molar-refractivity contribution in [3.63, 3.8) is 0 Å². The van der Waals surface area contributed by atoms with E-state index in [1.54, 1.807) is 12.1 Å². The number of carbonyl (C=O) groups is 2. The molecule has 0 aliphatic heterocycles. The van der Waals surface area contributed by atoms with E-state index < -0.39 is 0 Å². The van der Waals surface area contributed by atoms with Crippen LogP contribution in [0.4, 0.5) is 9.18 Å². The molecule has 3 amide bonds. The Balaban J connectivity index is 2.17. The van der Waals surface area contributed by atoms with Crippen molar-refractivity contribution in [1.82, 2.24) is 16.0 Å². The molecule has 0 saturated heterocycles. The average Bonchev–Trinajstić information content (AvgIpc) is 2.34. The summed E-state index contributed by atoms with van der Waals surface area (Å²) in [6.45, 7) is 2.48. The standard InChI is InChI=1S/C12H16FN3O2/c1-9(17)14-6-7-15-12(18)16-8-10-2-4-11(13)5-3-10/h2-5H,6-8H2,1H3,(H,14,17)(H2,15,16,18). The van der Waals surface area contributed by atoms with Crippen molar-refractivity contribution in [3.8, 4) is 0 Å². The fraction of sp³-hybridized carbons (Fsp3) is 0.333. The summed E-state index contributed by atoms with van der Waals surface area (Å²) in [6.07, 6.45) is 0. The van der Waals surface area contributed by atoms with Gasteiger partial charge in [-0.15, -0.1) is 0 Å². The summed E-state index contributed by atoms with van der Waals surface area (Å²) in [5, 5.41) is 7.76. The van der Waals surface area contributed by atoms with E-state index in [9.17, 15) is 14.0 Å². The summed E-state index contributed by atoms with van der Waals surface area (Å²) in [5.41, 5.74) is 0.813. The molecule has 0 heterocycles. The molecule has 0 bridgehead atoms. The summed E-state index contributed by atoms with van der Waals surface area (Å²) in [7, 11) is 0. The monoisotopic (exact) mass is 253 g/mol. The van der Waals surface area contributed by atoms with Gasteiger partial charge >= 0.3 is 6.03 Å². The Morgan fingerprint density at radius 2 is 1.67 bits per heavy atom. The van der Waals surface area contributed by atoms with Gasteiger partial charge in [0.25, 0.3) is 0 Å². The van der Waals surface area contributed by atoms with E-state index >= 15 is 0 Å². The highest BCUT2D eigenvalue weighted by molar-refractivity contribution is 5.74. The molecule has 0 aliphatic carbocycles. The Morgan fingerprint density at radius 1 is 1.06 bits per heavy atom. The summed E-state index contributed by atoms with van der Waals surface area (Å²) >= 11 is 0. The fourth-order valence-electron chi connectivity index (χ4n) is 1.26. The van der Waals surface area contributed by atoms with E-state index in [0.29, 0.717) is 19.6 Å². The third-order valence-corrected chi connectivity index (χ3v) is 2.15. The number of rotatable bonds is 5. The molecule has 0 aromatic heterocycles. The van der Waals surface area contributed by atoms with Crippen molar-refractivity contribution in [3.05, 3.63) is 35.6 Å². The van der Waals surface area contributed by atoms with Crippen molar-refractivity contribution in [2.75, 3.05) is 13.1 Å². The molecule has 98 valence electrons. The molecule has 1 aromatic carbocycles. The van der Waals surface area contributed by atoms with Gasteiger partial charge < -0.3 is 16.0 Å². The summed E-state index contributed by atoms with van der Waals surface area (Å²) in [4.78, 5) is 21.9. The highest BCUT2D eigenvalue weighted by Gasteiger charge is 2.00. The molecule has 0 aliphatic rings. The molecule has 3 N–H and O–H groups in total. The van der Waals surface area contributed by atoms with Crippen molar-refractivity contribution in [2.24, 2.45) is 0 Å². The molecule has 1 rings (SSSR count). The number of urea groups is 1. The lowest BCUT2D eigenvalue weighted by atomic mass is 10.2.